The molecule has 2 rings (SSSR count). The molecule has 0 saturated carbocycles. The number of hydrogen-bond acceptors (Lipinski definition) is 3. The van der Waals surface area contributed by atoms with E-state index in [0.29, 0.717) is 0 Å². The van der Waals surface area contributed by atoms with Crippen LogP contribution in [-0.2, 0) is 4.74 Å². The first-order chi connectivity index (χ1) is 9.80. The predicted octanol–water partition coefficient (Wildman–Crippen LogP) is 3.06. The molecule has 1 fully saturated rings. The van der Waals surface area contributed by atoms with Crippen LogP contribution in [0.25, 0.3) is 0 Å². The summed E-state index contributed by atoms with van der Waals surface area (Å²) in [6.45, 7) is 9.98. The fourth-order valence-electron chi connectivity index (χ4n) is 2.71. The third kappa shape index (κ3) is 4.68. The molecule has 3 nitrogen and oxygen atoms in total. The van der Waals surface area contributed by atoms with Crippen LogP contribution in [-0.4, -0.2) is 38.9 Å². The van der Waals surface area contributed by atoms with Crippen molar-refractivity contribution < 1.29 is 9.13 Å². The first-order valence-electron chi connectivity index (χ1n) is 7.59. The van der Waals surface area contributed by atoms with E-state index in [1.165, 1.54) is 12.1 Å². The fraction of sp³-hybridized carbons (Fsp3) is 0.647. The number of nitrogens with zero attached hydrogens (tertiary/aromatic N) is 1. The van der Waals surface area contributed by atoms with Crippen molar-refractivity contribution in [1.29, 1.82) is 0 Å². The van der Waals surface area contributed by atoms with Crippen LogP contribution >= 0.6 is 0 Å². The van der Waals surface area contributed by atoms with Crippen molar-refractivity contribution in [2.24, 2.45) is 5.41 Å². The Kier molecular flexibility index (Phi) is 4.89. The normalized spacial score (nSPS) is 22.5. The molecule has 1 aromatic rings. The zero-order valence-corrected chi connectivity index (χ0v) is 13.6. The van der Waals surface area contributed by atoms with Crippen LogP contribution < -0.4 is 10.2 Å². The molecular formula is C17H27FN2O. The van der Waals surface area contributed by atoms with E-state index in [9.17, 15) is 4.39 Å². The summed E-state index contributed by atoms with van der Waals surface area (Å²) >= 11 is 0. The van der Waals surface area contributed by atoms with E-state index >= 15 is 0 Å². The molecule has 0 amide bonds. The van der Waals surface area contributed by atoms with Crippen molar-refractivity contribution in [2.45, 2.75) is 32.7 Å². The Morgan fingerprint density at radius 1 is 1.29 bits per heavy atom. The third-order valence-corrected chi connectivity index (χ3v) is 4.02. The molecule has 0 bridgehead atoms. The van der Waals surface area contributed by atoms with Gasteiger partial charge in [0.15, 0.2) is 0 Å². The van der Waals surface area contributed by atoms with Gasteiger partial charge in [-0.15, -0.1) is 0 Å². The van der Waals surface area contributed by atoms with Crippen molar-refractivity contribution in [3.8, 4) is 0 Å². The Hall–Kier alpha value is -1.13. The fourth-order valence-corrected chi connectivity index (χ4v) is 2.71. The molecule has 1 aliphatic heterocycles. The minimum atomic E-state index is -0.194. The highest BCUT2D eigenvalue weighted by molar-refractivity contribution is 5.45. The molecule has 118 valence electrons. The number of benzene rings is 1. The molecule has 1 aliphatic rings. The Morgan fingerprint density at radius 3 is 2.48 bits per heavy atom. The van der Waals surface area contributed by atoms with Gasteiger partial charge < -0.3 is 15.0 Å². The topological polar surface area (TPSA) is 24.5 Å². The molecule has 0 aromatic heterocycles. The van der Waals surface area contributed by atoms with Gasteiger partial charge >= 0.3 is 0 Å². The molecule has 1 heterocycles. The maximum Gasteiger partial charge on any atom is 0.123 e. The molecule has 0 spiro atoms. The Bertz CT molecular complexity index is 447. The van der Waals surface area contributed by atoms with E-state index in [-0.39, 0.29) is 16.8 Å². The third-order valence-electron chi connectivity index (χ3n) is 4.02. The largest absolute Gasteiger partial charge is 0.381 e. The smallest absolute Gasteiger partial charge is 0.123 e. The zero-order chi connectivity index (χ0) is 15.5. The second kappa shape index (κ2) is 6.32. The lowest BCUT2D eigenvalue weighted by molar-refractivity contribution is 0.147. The molecule has 4 heteroatoms. The first-order valence-corrected chi connectivity index (χ1v) is 7.59. The quantitative estimate of drug-likeness (QED) is 0.903. The van der Waals surface area contributed by atoms with Crippen LogP contribution in [0.5, 0.6) is 0 Å². The lowest BCUT2D eigenvalue weighted by Gasteiger charge is -2.36. The van der Waals surface area contributed by atoms with E-state index in [4.69, 9.17) is 4.74 Å². The van der Waals surface area contributed by atoms with Gasteiger partial charge in [-0.05, 0) is 51.5 Å². The van der Waals surface area contributed by atoms with E-state index in [2.05, 4.69) is 38.0 Å². The minimum Gasteiger partial charge on any atom is -0.381 e. The summed E-state index contributed by atoms with van der Waals surface area (Å²) in [5, 5.41) is 3.60. The highest BCUT2D eigenvalue weighted by Gasteiger charge is 2.36. The maximum absolute atomic E-state index is 13.0. The SMILES string of the molecule is CN(CC1(CNC(C)(C)C)CCOC1)c1ccc(F)cc1. The average molecular weight is 294 g/mol. The molecule has 1 atom stereocenters. The Labute approximate surface area is 127 Å². The summed E-state index contributed by atoms with van der Waals surface area (Å²) in [6, 6.07) is 6.68. The monoisotopic (exact) mass is 294 g/mol. The van der Waals surface area contributed by atoms with Crippen molar-refractivity contribution in [1.82, 2.24) is 5.32 Å². The molecule has 1 aromatic carbocycles. The summed E-state index contributed by atoms with van der Waals surface area (Å²) in [4.78, 5) is 2.19. The molecule has 1 saturated heterocycles. The van der Waals surface area contributed by atoms with Gasteiger partial charge in [-0.25, -0.2) is 4.39 Å². The lowest BCUT2D eigenvalue weighted by atomic mass is 9.85. The van der Waals surface area contributed by atoms with Crippen LogP contribution in [0.2, 0.25) is 0 Å². The van der Waals surface area contributed by atoms with Crippen LogP contribution in [0.15, 0.2) is 24.3 Å². The number of halogens is 1. The van der Waals surface area contributed by atoms with Crippen molar-refractivity contribution >= 4 is 5.69 Å². The van der Waals surface area contributed by atoms with Crippen LogP contribution in [0.4, 0.5) is 10.1 Å². The molecular weight excluding hydrogens is 267 g/mol. The number of nitrogens with one attached hydrogen (secondary N) is 1. The van der Waals surface area contributed by atoms with E-state index in [0.717, 1.165) is 38.4 Å². The van der Waals surface area contributed by atoms with E-state index in [1.807, 2.05) is 12.1 Å². The van der Waals surface area contributed by atoms with Crippen molar-refractivity contribution in [2.75, 3.05) is 38.3 Å². The van der Waals surface area contributed by atoms with Gasteiger partial charge in [0.2, 0.25) is 0 Å². The zero-order valence-electron chi connectivity index (χ0n) is 13.6. The minimum absolute atomic E-state index is 0.101. The van der Waals surface area contributed by atoms with Gasteiger partial charge in [0.25, 0.3) is 0 Å². The molecule has 1 N–H and O–H groups in total. The van der Waals surface area contributed by atoms with Gasteiger partial charge in [-0.1, -0.05) is 0 Å². The highest BCUT2D eigenvalue weighted by atomic mass is 19.1. The van der Waals surface area contributed by atoms with Crippen LogP contribution in [0.1, 0.15) is 27.2 Å². The number of hydrogen-bond donors (Lipinski definition) is 1. The lowest BCUT2D eigenvalue weighted by Crippen LogP contribution is -2.48. The van der Waals surface area contributed by atoms with Crippen LogP contribution in [0, 0.1) is 11.2 Å². The van der Waals surface area contributed by atoms with Crippen molar-refractivity contribution in [3.05, 3.63) is 30.1 Å². The van der Waals surface area contributed by atoms with Crippen LogP contribution in [0.3, 0.4) is 0 Å². The molecule has 0 radical (unpaired) electrons. The van der Waals surface area contributed by atoms with Gasteiger partial charge in [-0.2, -0.15) is 0 Å². The second-order valence-electron chi connectivity index (χ2n) is 7.24. The molecule has 0 aliphatic carbocycles. The molecule has 1 unspecified atom stereocenters. The average Bonchev–Trinajstić information content (AvgIpc) is 2.85. The Balaban J connectivity index is 2.03. The van der Waals surface area contributed by atoms with E-state index < -0.39 is 0 Å². The van der Waals surface area contributed by atoms with Gasteiger partial charge in [0, 0.05) is 43.4 Å². The second-order valence-corrected chi connectivity index (χ2v) is 7.24. The van der Waals surface area contributed by atoms with Gasteiger partial charge in [0.05, 0.1) is 6.61 Å². The summed E-state index contributed by atoms with van der Waals surface area (Å²) in [5.74, 6) is -0.194. The summed E-state index contributed by atoms with van der Waals surface area (Å²) in [5.41, 5.74) is 1.26. The van der Waals surface area contributed by atoms with Gasteiger partial charge in [0.1, 0.15) is 5.82 Å². The Morgan fingerprint density at radius 2 is 1.95 bits per heavy atom. The standard InChI is InChI=1S/C17H27FN2O/c1-16(2,3)19-11-17(9-10-21-13-17)12-20(4)15-7-5-14(18)6-8-15/h5-8,19H,9-13H2,1-4H3. The summed E-state index contributed by atoms with van der Waals surface area (Å²) < 4.78 is 18.7. The van der Waals surface area contributed by atoms with E-state index in [1.54, 1.807) is 0 Å². The van der Waals surface area contributed by atoms with Crippen molar-refractivity contribution in [3.63, 3.8) is 0 Å². The number of anilines is 1. The number of rotatable bonds is 5. The number of ether oxygens (including phenoxy) is 1. The first kappa shape index (κ1) is 16.2. The summed E-state index contributed by atoms with van der Waals surface area (Å²) in [7, 11) is 2.06. The predicted molar refractivity (Wildman–Crippen MR) is 85.3 cm³/mol. The summed E-state index contributed by atoms with van der Waals surface area (Å²) in [6.07, 6.45) is 1.06. The maximum atomic E-state index is 13.0. The highest BCUT2D eigenvalue weighted by Crippen LogP contribution is 2.31. The van der Waals surface area contributed by atoms with Gasteiger partial charge in [-0.3, -0.25) is 0 Å². The molecule has 21 heavy (non-hydrogen) atoms.